The second-order valence-corrected chi connectivity index (χ2v) is 15.7. The van der Waals surface area contributed by atoms with E-state index in [4.69, 9.17) is 0 Å². The van der Waals surface area contributed by atoms with E-state index < -0.39 is 0 Å². The summed E-state index contributed by atoms with van der Waals surface area (Å²) in [5, 5.41) is 12.6. The summed E-state index contributed by atoms with van der Waals surface area (Å²) in [5.74, 6) is 0. The van der Waals surface area contributed by atoms with Crippen LogP contribution in [0.3, 0.4) is 0 Å². The minimum absolute atomic E-state index is 1.10. The largest absolute Gasteiger partial charge is 0.310 e. The van der Waals surface area contributed by atoms with E-state index in [0.717, 1.165) is 22.7 Å². The summed E-state index contributed by atoms with van der Waals surface area (Å²) in [7, 11) is 0. The van der Waals surface area contributed by atoms with Gasteiger partial charge in [-0.1, -0.05) is 158 Å². The monoisotopic (exact) mass is 762 g/mol. The maximum absolute atomic E-state index is 2.40. The van der Waals surface area contributed by atoms with Gasteiger partial charge in [0.25, 0.3) is 0 Å². The molecule has 0 unspecified atom stereocenters. The SMILES string of the molecule is c1ccc(-c2ccc3c(c2)c2cc(-c4ccc(N(c5ccc6ccccc6c5)c5ccc6c7ccccc7c7ccccc7c6c5)cc4)ccc2n3-c2ccccc2)cc1. The standard InChI is InChI=1S/C58H38N2/c1-3-13-39(14-4-1)43-26-33-57-55(36-43)56-37-44(27-34-58(56)60(57)45-17-5-2-6-18-45)41-23-28-46(29-24-41)59(47-30-25-40-15-7-8-16-42(40)35-47)48-31-32-53-51-21-10-9-19-49(51)50-20-11-12-22-52(50)54(53)38-48/h1-38H. The minimum atomic E-state index is 1.10. The predicted molar refractivity (Wildman–Crippen MR) is 256 cm³/mol. The third-order valence-corrected chi connectivity index (χ3v) is 12.3. The maximum atomic E-state index is 2.40. The highest BCUT2D eigenvalue weighted by Crippen LogP contribution is 2.43. The number of anilines is 3. The molecule has 0 saturated carbocycles. The molecule has 2 nitrogen and oxygen atoms in total. The second-order valence-electron chi connectivity index (χ2n) is 15.7. The van der Waals surface area contributed by atoms with Crippen LogP contribution in [0.25, 0.3) is 92.8 Å². The molecule has 12 aromatic rings. The summed E-state index contributed by atoms with van der Waals surface area (Å²) in [6.45, 7) is 0. The Morgan fingerprint density at radius 1 is 0.250 bits per heavy atom. The first-order valence-corrected chi connectivity index (χ1v) is 20.7. The van der Waals surface area contributed by atoms with E-state index in [9.17, 15) is 0 Å². The third kappa shape index (κ3) is 5.57. The van der Waals surface area contributed by atoms with Crippen LogP contribution in [-0.4, -0.2) is 4.57 Å². The predicted octanol–water partition coefficient (Wildman–Crippen LogP) is 16.2. The van der Waals surface area contributed by atoms with Gasteiger partial charge in [0.15, 0.2) is 0 Å². The molecule has 0 bridgehead atoms. The summed E-state index contributed by atoms with van der Waals surface area (Å²) in [6.07, 6.45) is 0. The lowest BCUT2D eigenvalue weighted by Crippen LogP contribution is -2.10. The van der Waals surface area contributed by atoms with Gasteiger partial charge in [-0.15, -0.1) is 0 Å². The molecule has 0 aliphatic carbocycles. The molecule has 0 spiro atoms. The minimum Gasteiger partial charge on any atom is -0.310 e. The van der Waals surface area contributed by atoms with Gasteiger partial charge in [-0.05, 0) is 138 Å². The zero-order valence-electron chi connectivity index (χ0n) is 32.8. The van der Waals surface area contributed by atoms with Crippen molar-refractivity contribution in [1.29, 1.82) is 0 Å². The molecule has 60 heavy (non-hydrogen) atoms. The van der Waals surface area contributed by atoms with Crippen LogP contribution in [0, 0.1) is 0 Å². The highest BCUT2D eigenvalue weighted by molar-refractivity contribution is 6.26. The number of benzene rings is 11. The van der Waals surface area contributed by atoms with E-state index in [1.807, 2.05) is 0 Å². The lowest BCUT2D eigenvalue weighted by atomic mass is 9.94. The molecule has 0 amide bonds. The van der Waals surface area contributed by atoms with Crippen molar-refractivity contribution in [3.05, 3.63) is 231 Å². The molecule has 11 aromatic carbocycles. The summed E-state index contributed by atoms with van der Waals surface area (Å²) < 4.78 is 2.39. The van der Waals surface area contributed by atoms with Crippen LogP contribution in [0.5, 0.6) is 0 Å². The van der Waals surface area contributed by atoms with Crippen molar-refractivity contribution >= 4 is 82.0 Å². The fraction of sp³-hybridized carbons (Fsp3) is 0. The van der Waals surface area contributed by atoms with Gasteiger partial charge < -0.3 is 9.47 Å². The average Bonchev–Trinajstić information content (AvgIpc) is 3.65. The van der Waals surface area contributed by atoms with E-state index >= 15 is 0 Å². The van der Waals surface area contributed by atoms with E-state index in [0.29, 0.717) is 0 Å². The summed E-state index contributed by atoms with van der Waals surface area (Å²) in [4.78, 5) is 2.40. The topological polar surface area (TPSA) is 8.17 Å². The Hall–Kier alpha value is -7.94. The summed E-state index contributed by atoms with van der Waals surface area (Å²) >= 11 is 0. The van der Waals surface area contributed by atoms with E-state index in [-0.39, 0.29) is 0 Å². The van der Waals surface area contributed by atoms with E-state index in [1.165, 1.54) is 87.1 Å². The first kappa shape index (κ1) is 34.1. The van der Waals surface area contributed by atoms with Gasteiger partial charge >= 0.3 is 0 Å². The molecular formula is C58H38N2. The van der Waals surface area contributed by atoms with Crippen molar-refractivity contribution in [2.45, 2.75) is 0 Å². The molecule has 0 fully saturated rings. The number of para-hydroxylation sites is 1. The Morgan fingerprint density at radius 2 is 0.700 bits per heavy atom. The fourth-order valence-corrected chi connectivity index (χ4v) is 9.47. The number of aromatic nitrogens is 1. The second kappa shape index (κ2) is 13.9. The van der Waals surface area contributed by atoms with Crippen LogP contribution < -0.4 is 4.90 Å². The van der Waals surface area contributed by atoms with E-state index in [1.54, 1.807) is 0 Å². The molecule has 0 radical (unpaired) electrons. The van der Waals surface area contributed by atoms with Crippen LogP contribution in [0.15, 0.2) is 231 Å². The number of nitrogens with zero attached hydrogens (tertiary/aromatic N) is 2. The lowest BCUT2D eigenvalue weighted by Gasteiger charge is -2.27. The van der Waals surface area contributed by atoms with Crippen molar-refractivity contribution in [2.75, 3.05) is 4.90 Å². The van der Waals surface area contributed by atoms with Crippen molar-refractivity contribution in [1.82, 2.24) is 4.57 Å². The van der Waals surface area contributed by atoms with Crippen molar-refractivity contribution in [2.24, 2.45) is 0 Å². The van der Waals surface area contributed by atoms with E-state index in [2.05, 4.69) is 240 Å². The molecule has 0 N–H and O–H groups in total. The molecular weight excluding hydrogens is 725 g/mol. The number of fused-ring (bicyclic) bond motifs is 10. The normalized spacial score (nSPS) is 11.7. The molecule has 1 aromatic heterocycles. The highest BCUT2D eigenvalue weighted by atomic mass is 15.1. The Balaban J connectivity index is 1.01. The smallest absolute Gasteiger partial charge is 0.0541 e. The van der Waals surface area contributed by atoms with Crippen LogP contribution in [0.4, 0.5) is 17.1 Å². The van der Waals surface area contributed by atoms with Gasteiger partial charge in [-0.3, -0.25) is 0 Å². The fourth-order valence-electron chi connectivity index (χ4n) is 9.47. The lowest BCUT2D eigenvalue weighted by molar-refractivity contribution is 1.18. The zero-order valence-corrected chi connectivity index (χ0v) is 32.8. The van der Waals surface area contributed by atoms with Gasteiger partial charge in [-0.25, -0.2) is 0 Å². The first-order chi connectivity index (χ1) is 29.7. The van der Waals surface area contributed by atoms with Crippen molar-refractivity contribution in [3.63, 3.8) is 0 Å². The van der Waals surface area contributed by atoms with Crippen molar-refractivity contribution < 1.29 is 0 Å². The van der Waals surface area contributed by atoms with Crippen molar-refractivity contribution in [3.8, 4) is 27.9 Å². The van der Waals surface area contributed by atoms with Crippen LogP contribution in [0.2, 0.25) is 0 Å². The van der Waals surface area contributed by atoms with Gasteiger partial charge in [0.1, 0.15) is 0 Å². The Kier molecular flexibility index (Phi) is 7.89. The maximum Gasteiger partial charge on any atom is 0.0541 e. The Morgan fingerprint density at radius 3 is 1.33 bits per heavy atom. The molecule has 0 aliphatic rings. The molecule has 2 heteroatoms. The van der Waals surface area contributed by atoms with Gasteiger partial charge in [0.05, 0.1) is 11.0 Å². The molecule has 12 rings (SSSR count). The molecule has 0 aliphatic heterocycles. The third-order valence-electron chi connectivity index (χ3n) is 12.3. The molecule has 0 saturated heterocycles. The highest BCUT2D eigenvalue weighted by Gasteiger charge is 2.18. The van der Waals surface area contributed by atoms with Gasteiger partial charge in [0, 0.05) is 33.5 Å². The molecule has 0 atom stereocenters. The first-order valence-electron chi connectivity index (χ1n) is 20.7. The quantitative estimate of drug-likeness (QED) is 0.153. The van der Waals surface area contributed by atoms with Crippen LogP contribution in [0.1, 0.15) is 0 Å². The van der Waals surface area contributed by atoms with Crippen LogP contribution in [-0.2, 0) is 0 Å². The zero-order chi connectivity index (χ0) is 39.6. The summed E-state index contributed by atoms with van der Waals surface area (Å²) in [6, 6.07) is 84.3. The number of rotatable bonds is 6. The Labute approximate surface area is 348 Å². The summed E-state index contributed by atoms with van der Waals surface area (Å²) in [5.41, 5.74) is 11.7. The van der Waals surface area contributed by atoms with Crippen LogP contribution >= 0.6 is 0 Å². The average molecular weight is 763 g/mol. The Bertz CT molecular complexity index is 3550. The number of hydrogen-bond donors (Lipinski definition) is 0. The molecule has 1 heterocycles. The number of hydrogen-bond acceptors (Lipinski definition) is 1. The van der Waals surface area contributed by atoms with Gasteiger partial charge in [0.2, 0.25) is 0 Å². The molecule has 280 valence electrons. The van der Waals surface area contributed by atoms with Gasteiger partial charge in [-0.2, -0.15) is 0 Å².